The van der Waals surface area contributed by atoms with Crippen molar-refractivity contribution in [2.24, 2.45) is 0 Å². The van der Waals surface area contributed by atoms with Gasteiger partial charge in [0.05, 0.1) is 16.8 Å². The van der Waals surface area contributed by atoms with Gasteiger partial charge in [-0.05, 0) is 44.3 Å². The molecule has 1 amide bonds. The van der Waals surface area contributed by atoms with Crippen LogP contribution in [0.25, 0.3) is 0 Å². The van der Waals surface area contributed by atoms with Gasteiger partial charge in [0, 0.05) is 17.1 Å². The molecule has 0 spiro atoms. The topological polar surface area (TPSA) is 32.3 Å². The molecule has 0 aliphatic rings. The van der Waals surface area contributed by atoms with Crippen LogP contribution in [0.3, 0.4) is 0 Å². The van der Waals surface area contributed by atoms with E-state index in [-0.39, 0.29) is 17.5 Å². The molecule has 0 aromatic heterocycles. The number of hydrogen-bond acceptors (Lipinski definition) is 2. The molecule has 2 rings (SSSR count). The molecule has 0 bridgehead atoms. The molecule has 1 N–H and O–H groups in total. The Morgan fingerprint density at radius 2 is 1.92 bits per heavy atom. The van der Waals surface area contributed by atoms with Crippen LogP contribution in [0.5, 0.6) is 0 Å². The van der Waals surface area contributed by atoms with Crippen LogP contribution in [0, 0.1) is 11.6 Å². The van der Waals surface area contributed by atoms with Gasteiger partial charge in [-0.1, -0.05) is 29.3 Å². The van der Waals surface area contributed by atoms with Crippen molar-refractivity contribution < 1.29 is 13.6 Å². The second-order valence-corrected chi connectivity index (χ2v) is 6.22. The molecule has 7 heteroatoms. The van der Waals surface area contributed by atoms with E-state index in [1.54, 1.807) is 24.9 Å². The maximum absolute atomic E-state index is 13.8. The van der Waals surface area contributed by atoms with E-state index in [4.69, 9.17) is 23.2 Å². The van der Waals surface area contributed by atoms with Crippen molar-refractivity contribution in [3.63, 3.8) is 0 Å². The summed E-state index contributed by atoms with van der Waals surface area (Å²) in [5, 5.41) is 3.04. The third kappa shape index (κ3) is 4.44. The molecule has 0 saturated carbocycles. The van der Waals surface area contributed by atoms with E-state index in [1.807, 2.05) is 0 Å². The fourth-order valence-electron chi connectivity index (χ4n) is 2.10. The SMILES string of the molecule is CC(C(=O)Nc1ccc(F)cc1Cl)N(C)Cc1c(F)cccc1Cl. The summed E-state index contributed by atoms with van der Waals surface area (Å²) in [4.78, 5) is 14.0. The van der Waals surface area contributed by atoms with Gasteiger partial charge in [0.2, 0.25) is 5.91 Å². The summed E-state index contributed by atoms with van der Waals surface area (Å²) >= 11 is 11.9. The van der Waals surface area contributed by atoms with Crippen LogP contribution in [0.4, 0.5) is 14.5 Å². The first-order chi connectivity index (χ1) is 11.3. The number of hydrogen-bond donors (Lipinski definition) is 1. The summed E-state index contributed by atoms with van der Waals surface area (Å²) in [6.07, 6.45) is 0. The molecule has 0 aliphatic carbocycles. The molecule has 2 aromatic carbocycles. The Bertz CT molecular complexity index is 735. The summed E-state index contributed by atoms with van der Waals surface area (Å²) < 4.78 is 26.9. The molecule has 1 atom stereocenters. The van der Waals surface area contributed by atoms with Gasteiger partial charge in [0.1, 0.15) is 11.6 Å². The van der Waals surface area contributed by atoms with Gasteiger partial charge in [0.25, 0.3) is 0 Å². The third-order valence-electron chi connectivity index (χ3n) is 3.70. The minimum absolute atomic E-state index is 0.107. The molecule has 0 radical (unpaired) electrons. The largest absolute Gasteiger partial charge is 0.323 e. The van der Waals surface area contributed by atoms with E-state index >= 15 is 0 Å². The van der Waals surface area contributed by atoms with Crippen molar-refractivity contribution in [2.75, 3.05) is 12.4 Å². The van der Waals surface area contributed by atoms with Crippen LogP contribution in [0.2, 0.25) is 10.0 Å². The Hall–Kier alpha value is -1.69. The summed E-state index contributed by atoms with van der Waals surface area (Å²) in [6, 6.07) is 7.56. The van der Waals surface area contributed by atoms with Crippen molar-refractivity contribution in [3.05, 3.63) is 63.6 Å². The van der Waals surface area contributed by atoms with Gasteiger partial charge in [-0.15, -0.1) is 0 Å². The lowest BCUT2D eigenvalue weighted by molar-refractivity contribution is -0.120. The van der Waals surface area contributed by atoms with Crippen LogP contribution < -0.4 is 5.32 Å². The zero-order chi connectivity index (χ0) is 17.9. The number of amides is 1. The smallest absolute Gasteiger partial charge is 0.241 e. The van der Waals surface area contributed by atoms with Crippen molar-refractivity contribution in [1.29, 1.82) is 0 Å². The molecule has 0 aliphatic heterocycles. The minimum atomic E-state index is -0.582. The monoisotopic (exact) mass is 372 g/mol. The van der Waals surface area contributed by atoms with E-state index in [2.05, 4.69) is 5.32 Å². The summed E-state index contributed by atoms with van der Waals surface area (Å²) in [5.74, 6) is -1.26. The van der Waals surface area contributed by atoms with Gasteiger partial charge in [-0.25, -0.2) is 8.78 Å². The Kier molecular flexibility index (Phi) is 6.15. The van der Waals surface area contributed by atoms with Crippen molar-refractivity contribution in [2.45, 2.75) is 19.5 Å². The van der Waals surface area contributed by atoms with E-state index in [9.17, 15) is 13.6 Å². The van der Waals surface area contributed by atoms with Crippen LogP contribution in [-0.2, 0) is 11.3 Å². The number of halogens is 4. The van der Waals surface area contributed by atoms with Gasteiger partial charge in [0.15, 0.2) is 0 Å². The Balaban J connectivity index is 2.07. The van der Waals surface area contributed by atoms with E-state index < -0.39 is 17.7 Å². The first-order valence-corrected chi connectivity index (χ1v) is 7.94. The lowest BCUT2D eigenvalue weighted by Crippen LogP contribution is -2.39. The van der Waals surface area contributed by atoms with Crippen molar-refractivity contribution in [3.8, 4) is 0 Å². The second-order valence-electron chi connectivity index (χ2n) is 5.40. The zero-order valence-corrected chi connectivity index (χ0v) is 14.6. The molecule has 0 heterocycles. The molecule has 0 fully saturated rings. The maximum Gasteiger partial charge on any atom is 0.241 e. The fourth-order valence-corrected chi connectivity index (χ4v) is 2.54. The van der Waals surface area contributed by atoms with Gasteiger partial charge in [-0.2, -0.15) is 0 Å². The first-order valence-electron chi connectivity index (χ1n) is 7.18. The van der Waals surface area contributed by atoms with E-state index in [1.165, 1.54) is 24.3 Å². The quantitative estimate of drug-likeness (QED) is 0.822. The Labute approximate surface area is 149 Å². The highest BCUT2D eigenvalue weighted by molar-refractivity contribution is 6.33. The normalized spacial score (nSPS) is 12.3. The highest BCUT2D eigenvalue weighted by atomic mass is 35.5. The summed E-state index contributed by atoms with van der Waals surface area (Å²) in [6.45, 7) is 1.83. The third-order valence-corrected chi connectivity index (χ3v) is 4.37. The molecular weight excluding hydrogens is 357 g/mol. The van der Waals surface area contributed by atoms with Crippen LogP contribution in [-0.4, -0.2) is 23.9 Å². The van der Waals surface area contributed by atoms with Gasteiger partial charge in [-0.3, -0.25) is 9.69 Å². The average molecular weight is 373 g/mol. The molecule has 3 nitrogen and oxygen atoms in total. The molecule has 24 heavy (non-hydrogen) atoms. The predicted molar refractivity (Wildman–Crippen MR) is 92.4 cm³/mol. The number of nitrogens with zero attached hydrogens (tertiary/aromatic N) is 1. The van der Waals surface area contributed by atoms with Crippen molar-refractivity contribution in [1.82, 2.24) is 4.90 Å². The molecule has 0 saturated heterocycles. The Morgan fingerprint density at radius 3 is 2.54 bits per heavy atom. The fraction of sp³-hybridized carbons (Fsp3) is 0.235. The van der Waals surface area contributed by atoms with Crippen LogP contribution in [0.15, 0.2) is 36.4 Å². The number of rotatable bonds is 5. The van der Waals surface area contributed by atoms with Crippen LogP contribution in [0.1, 0.15) is 12.5 Å². The molecule has 1 unspecified atom stereocenters. The average Bonchev–Trinajstić information content (AvgIpc) is 2.52. The van der Waals surface area contributed by atoms with E-state index in [0.717, 1.165) is 6.07 Å². The number of nitrogens with one attached hydrogen (secondary N) is 1. The predicted octanol–water partition coefficient (Wildman–Crippen LogP) is 4.73. The first kappa shape index (κ1) is 18.6. The Morgan fingerprint density at radius 1 is 1.21 bits per heavy atom. The lowest BCUT2D eigenvalue weighted by Gasteiger charge is -2.24. The zero-order valence-electron chi connectivity index (χ0n) is 13.1. The van der Waals surface area contributed by atoms with Gasteiger partial charge < -0.3 is 5.32 Å². The van der Waals surface area contributed by atoms with Gasteiger partial charge >= 0.3 is 0 Å². The molecule has 128 valence electrons. The molecule has 2 aromatic rings. The second kappa shape index (κ2) is 7.92. The maximum atomic E-state index is 13.8. The van der Waals surface area contributed by atoms with Crippen LogP contribution >= 0.6 is 23.2 Å². The number of anilines is 1. The summed E-state index contributed by atoms with van der Waals surface area (Å²) in [7, 11) is 1.68. The number of carbonyl (C=O) groups is 1. The highest BCUT2D eigenvalue weighted by Crippen LogP contribution is 2.24. The standard InChI is InChI=1S/C17H16Cl2F2N2O/c1-10(17(24)22-16-7-6-11(20)8-14(16)19)23(2)9-12-13(18)4-3-5-15(12)21/h3-8,10H,9H2,1-2H3,(H,22,24). The minimum Gasteiger partial charge on any atom is -0.323 e. The lowest BCUT2D eigenvalue weighted by atomic mass is 10.1. The van der Waals surface area contributed by atoms with Crippen molar-refractivity contribution >= 4 is 34.8 Å². The summed E-state index contributed by atoms with van der Waals surface area (Å²) in [5.41, 5.74) is 0.633. The van der Waals surface area contributed by atoms with E-state index in [0.29, 0.717) is 16.3 Å². The molecular formula is C17H16Cl2F2N2O. The number of benzene rings is 2. The number of likely N-dealkylation sites (N-methyl/N-ethyl adjacent to an activating group) is 1. The number of carbonyl (C=O) groups excluding carboxylic acids is 1. The highest BCUT2D eigenvalue weighted by Gasteiger charge is 2.21.